The van der Waals surface area contributed by atoms with Gasteiger partial charge in [-0.1, -0.05) is 48.0 Å². The Hall–Kier alpha value is -2.46. The molecule has 1 amide bonds. The van der Waals surface area contributed by atoms with Gasteiger partial charge in [-0.05, 0) is 31.9 Å². The third kappa shape index (κ3) is 2.53. The summed E-state index contributed by atoms with van der Waals surface area (Å²) in [4.78, 5) is 19.5. The third-order valence-corrected chi connectivity index (χ3v) is 5.34. The molecule has 0 aliphatic carbocycles. The highest BCUT2D eigenvalue weighted by Gasteiger charge is 2.32. The molecule has 0 bridgehead atoms. The normalized spacial score (nSPS) is 16.2. The second-order valence-corrected chi connectivity index (χ2v) is 7.12. The zero-order chi connectivity index (χ0) is 16.7. The fourth-order valence-corrected chi connectivity index (χ4v) is 4.00. The van der Waals surface area contributed by atoms with E-state index >= 15 is 0 Å². The van der Waals surface area contributed by atoms with Gasteiger partial charge in [0, 0.05) is 22.7 Å². The molecule has 0 spiro atoms. The van der Waals surface area contributed by atoms with Crippen LogP contribution in [0.2, 0.25) is 0 Å². The van der Waals surface area contributed by atoms with Crippen molar-refractivity contribution < 1.29 is 4.79 Å². The van der Waals surface area contributed by atoms with Crippen molar-refractivity contribution in [1.29, 1.82) is 0 Å². The van der Waals surface area contributed by atoms with Crippen molar-refractivity contribution in [2.45, 2.75) is 26.3 Å². The van der Waals surface area contributed by atoms with E-state index in [1.165, 1.54) is 22.5 Å². The molecule has 4 rings (SSSR count). The largest absolute Gasteiger partial charge is 0.304 e. The lowest BCUT2D eigenvalue weighted by Crippen LogP contribution is -2.35. The number of hydrogen-bond acceptors (Lipinski definition) is 3. The SMILES string of the molecule is Cc1ccc(-c2nc(C(=O)N3c4ccccc4CC3C)cs2)cc1. The number of carbonyl (C=O) groups is 1. The number of rotatable bonds is 2. The highest BCUT2D eigenvalue weighted by atomic mass is 32.1. The summed E-state index contributed by atoms with van der Waals surface area (Å²) in [5.74, 6) is -0.0120. The first kappa shape index (κ1) is 15.1. The number of carbonyl (C=O) groups excluding carboxylic acids is 1. The number of aryl methyl sites for hydroxylation is 1. The summed E-state index contributed by atoms with van der Waals surface area (Å²) in [7, 11) is 0. The zero-order valence-electron chi connectivity index (χ0n) is 13.7. The maximum atomic E-state index is 13.0. The van der Waals surface area contributed by atoms with Crippen LogP contribution in [0.5, 0.6) is 0 Å². The maximum Gasteiger partial charge on any atom is 0.278 e. The van der Waals surface area contributed by atoms with Gasteiger partial charge in [0.05, 0.1) is 0 Å². The van der Waals surface area contributed by atoms with Gasteiger partial charge in [0.1, 0.15) is 10.7 Å². The van der Waals surface area contributed by atoms with Crippen molar-refractivity contribution in [3.8, 4) is 10.6 Å². The van der Waals surface area contributed by atoms with E-state index in [0.717, 1.165) is 22.7 Å². The van der Waals surface area contributed by atoms with Gasteiger partial charge < -0.3 is 4.90 Å². The lowest BCUT2D eigenvalue weighted by Gasteiger charge is -2.21. The molecule has 1 atom stereocenters. The van der Waals surface area contributed by atoms with Crippen LogP contribution in [0.25, 0.3) is 10.6 Å². The molecule has 24 heavy (non-hydrogen) atoms. The van der Waals surface area contributed by atoms with Crippen LogP contribution in [0, 0.1) is 6.92 Å². The van der Waals surface area contributed by atoms with Crippen LogP contribution in [0.15, 0.2) is 53.9 Å². The Bertz CT molecular complexity index is 898. The van der Waals surface area contributed by atoms with E-state index in [0.29, 0.717) is 5.69 Å². The summed E-state index contributed by atoms with van der Waals surface area (Å²) in [6, 6.07) is 16.5. The van der Waals surface area contributed by atoms with Gasteiger partial charge in [0.15, 0.2) is 0 Å². The van der Waals surface area contributed by atoms with Crippen molar-refractivity contribution in [2.24, 2.45) is 0 Å². The van der Waals surface area contributed by atoms with Crippen LogP contribution in [0.3, 0.4) is 0 Å². The summed E-state index contributed by atoms with van der Waals surface area (Å²) in [5.41, 5.74) is 5.04. The van der Waals surface area contributed by atoms with Crippen LogP contribution in [-0.4, -0.2) is 16.9 Å². The molecule has 2 aromatic carbocycles. The first-order valence-electron chi connectivity index (χ1n) is 8.07. The highest BCUT2D eigenvalue weighted by molar-refractivity contribution is 7.13. The smallest absolute Gasteiger partial charge is 0.278 e. The second-order valence-electron chi connectivity index (χ2n) is 6.26. The van der Waals surface area contributed by atoms with Gasteiger partial charge in [-0.3, -0.25) is 4.79 Å². The molecule has 2 heterocycles. The Kier molecular flexibility index (Phi) is 3.69. The molecular weight excluding hydrogens is 316 g/mol. The Morgan fingerprint density at radius 2 is 1.92 bits per heavy atom. The maximum absolute atomic E-state index is 13.0. The number of aromatic nitrogens is 1. The van der Waals surface area contributed by atoms with Crippen LogP contribution in [-0.2, 0) is 6.42 Å². The van der Waals surface area contributed by atoms with Crippen LogP contribution in [0.1, 0.15) is 28.5 Å². The first-order valence-corrected chi connectivity index (χ1v) is 8.95. The number of thiazole rings is 1. The van der Waals surface area contributed by atoms with Crippen molar-refractivity contribution in [1.82, 2.24) is 4.98 Å². The lowest BCUT2D eigenvalue weighted by atomic mass is 10.1. The Balaban J connectivity index is 1.65. The van der Waals surface area contributed by atoms with E-state index in [2.05, 4.69) is 49.2 Å². The van der Waals surface area contributed by atoms with Gasteiger partial charge in [-0.25, -0.2) is 4.98 Å². The molecule has 1 unspecified atom stereocenters. The number of anilines is 1. The molecule has 0 N–H and O–H groups in total. The zero-order valence-corrected chi connectivity index (χ0v) is 14.5. The van der Waals surface area contributed by atoms with E-state index in [1.54, 1.807) is 0 Å². The minimum atomic E-state index is -0.0120. The summed E-state index contributed by atoms with van der Waals surface area (Å²) in [5, 5.41) is 2.75. The lowest BCUT2D eigenvalue weighted by molar-refractivity contribution is 0.0977. The highest BCUT2D eigenvalue weighted by Crippen LogP contribution is 2.34. The molecule has 0 saturated carbocycles. The number of amides is 1. The number of benzene rings is 2. The molecule has 1 aliphatic rings. The Morgan fingerprint density at radius 1 is 1.17 bits per heavy atom. The van der Waals surface area contributed by atoms with Gasteiger partial charge >= 0.3 is 0 Å². The van der Waals surface area contributed by atoms with Crippen molar-refractivity contribution in [3.63, 3.8) is 0 Å². The standard InChI is InChI=1S/C20H18N2OS/c1-13-7-9-15(10-8-13)19-21-17(12-24-19)20(23)22-14(2)11-16-5-3-4-6-18(16)22/h3-10,12,14H,11H2,1-2H3. The molecule has 1 aromatic heterocycles. The molecule has 3 aromatic rings. The number of nitrogens with zero attached hydrogens (tertiary/aromatic N) is 2. The molecule has 1 aliphatic heterocycles. The van der Waals surface area contributed by atoms with E-state index in [1.807, 2.05) is 28.5 Å². The predicted octanol–water partition coefficient (Wildman–Crippen LogP) is 4.71. The quantitative estimate of drug-likeness (QED) is 0.680. The van der Waals surface area contributed by atoms with Gasteiger partial charge in [-0.2, -0.15) is 0 Å². The summed E-state index contributed by atoms with van der Waals surface area (Å²) >= 11 is 1.52. The number of fused-ring (bicyclic) bond motifs is 1. The number of hydrogen-bond donors (Lipinski definition) is 0. The minimum absolute atomic E-state index is 0.0120. The third-order valence-electron chi connectivity index (χ3n) is 4.45. The predicted molar refractivity (Wildman–Crippen MR) is 98.7 cm³/mol. The van der Waals surface area contributed by atoms with Crippen LogP contribution in [0.4, 0.5) is 5.69 Å². The second kappa shape index (κ2) is 5.87. The minimum Gasteiger partial charge on any atom is -0.304 e. The monoisotopic (exact) mass is 334 g/mol. The van der Waals surface area contributed by atoms with Crippen LogP contribution < -0.4 is 4.90 Å². The Labute approximate surface area is 145 Å². The molecule has 0 radical (unpaired) electrons. The molecular formula is C20H18N2OS. The molecule has 3 nitrogen and oxygen atoms in total. The fraction of sp³-hybridized carbons (Fsp3) is 0.200. The summed E-state index contributed by atoms with van der Waals surface area (Å²) in [6.45, 7) is 4.15. The molecule has 120 valence electrons. The number of para-hydroxylation sites is 1. The average molecular weight is 334 g/mol. The summed E-state index contributed by atoms with van der Waals surface area (Å²) < 4.78 is 0. The van der Waals surface area contributed by atoms with Gasteiger partial charge in [0.25, 0.3) is 5.91 Å². The van der Waals surface area contributed by atoms with Gasteiger partial charge in [-0.15, -0.1) is 11.3 Å². The van der Waals surface area contributed by atoms with Crippen molar-refractivity contribution >= 4 is 22.9 Å². The van der Waals surface area contributed by atoms with Gasteiger partial charge in [0.2, 0.25) is 0 Å². The Morgan fingerprint density at radius 3 is 2.71 bits per heavy atom. The summed E-state index contributed by atoms with van der Waals surface area (Å²) in [6.07, 6.45) is 0.900. The van der Waals surface area contributed by atoms with E-state index in [4.69, 9.17) is 0 Å². The molecule has 4 heteroatoms. The van der Waals surface area contributed by atoms with Crippen molar-refractivity contribution in [3.05, 3.63) is 70.7 Å². The van der Waals surface area contributed by atoms with E-state index < -0.39 is 0 Å². The van der Waals surface area contributed by atoms with Crippen LogP contribution >= 0.6 is 11.3 Å². The van der Waals surface area contributed by atoms with E-state index in [-0.39, 0.29) is 11.9 Å². The molecule has 0 saturated heterocycles. The average Bonchev–Trinajstić information content (AvgIpc) is 3.19. The molecule has 0 fully saturated rings. The van der Waals surface area contributed by atoms with E-state index in [9.17, 15) is 4.79 Å². The first-order chi connectivity index (χ1) is 11.6. The topological polar surface area (TPSA) is 33.2 Å². The fourth-order valence-electron chi connectivity index (χ4n) is 3.20. The van der Waals surface area contributed by atoms with Crippen molar-refractivity contribution in [2.75, 3.05) is 4.90 Å².